The van der Waals surface area contributed by atoms with Crippen LogP contribution >= 0.6 is 0 Å². The molecule has 2 N–H and O–H groups in total. The van der Waals surface area contributed by atoms with Crippen LogP contribution in [-0.2, 0) is 12.6 Å². The first-order valence-corrected chi connectivity index (χ1v) is 6.51. The summed E-state index contributed by atoms with van der Waals surface area (Å²) in [7, 11) is 1.37. The molecule has 0 aliphatic carbocycles. The van der Waals surface area contributed by atoms with Crippen molar-refractivity contribution in [3.8, 4) is 6.07 Å². The van der Waals surface area contributed by atoms with Gasteiger partial charge in [0.25, 0.3) is 0 Å². The summed E-state index contributed by atoms with van der Waals surface area (Å²) in [5.74, 6) is -0.286. The Hall–Kier alpha value is -2.67. The highest BCUT2D eigenvalue weighted by molar-refractivity contribution is 5.33. The lowest BCUT2D eigenvalue weighted by atomic mass is 9.97. The van der Waals surface area contributed by atoms with Gasteiger partial charge in [-0.05, 0) is 0 Å². The minimum Gasteiger partial charge on any atom is -0.374 e. The summed E-state index contributed by atoms with van der Waals surface area (Å²) in [6.45, 7) is -0.219. The molecule has 23 heavy (non-hydrogen) atoms. The SMILES string of the molecule is Cn1ccnc1C(O)(CCNc1cnc(C#N)cn1)C(F)(F)F. The van der Waals surface area contributed by atoms with Crippen molar-refractivity contribution in [2.75, 3.05) is 11.9 Å². The van der Waals surface area contributed by atoms with Gasteiger partial charge in [-0.3, -0.25) is 0 Å². The number of alkyl halides is 3. The summed E-state index contributed by atoms with van der Waals surface area (Å²) in [4.78, 5) is 11.2. The molecule has 0 saturated carbocycles. The van der Waals surface area contributed by atoms with Crippen molar-refractivity contribution in [3.63, 3.8) is 0 Å². The Morgan fingerprint density at radius 3 is 2.52 bits per heavy atom. The summed E-state index contributed by atoms with van der Waals surface area (Å²) in [6.07, 6.45) is -0.618. The van der Waals surface area contributed by atoms with E-state index in [9.17, 15) is 18.3 Å². The van der Waals surface area contributed by atoms with Gasteiger partial charge in [0.1, 0.15) is 17.7 Å². The molecule has 0 aliphatic heterocycles. The van der Waals surface area contributed by atoms with E-state index in [2.05, 4.69) is 20.3 Å². The Labute approximate surface area is 129 Å². The number of hydrogen-bond donors (Lipinski definition) is 2. The van der Waals surface area contributed by atoms with E-state index < -0.39 is 24.0 Å². The third-order valence-corrected chi connectivity index (χ3v) is 3.22. The molecule has 0 bridgehead atoms. The van der Waals surface area contributed by atoms with Crippen LogP contribution in [0, 0.1) is 11.3 Å². The van der Waals surface area contributed by atoms with Gasteiger partial charge in [0.2, 0.25) is 5.60 Å². The quantitative estimate of drug-likeness (QED) is 0.860. The number of aliphatic hydroxyl groups is 1. The number of rotatable bonds is 5. The highest BCUT2D eigenvalue weighted by atomic mass is 19.4. The van der Waals surface area contributed by atoms with E-state index in [-0.39, 0.29) is 18.1 Å². The fraction of sp³-hybridized carbons (Fsp3) is 0.385. The van der Waals surface area contributed by atoms with Crippen LogP contribution in [0.1, 0.15) is 17.9 Å². The smallest absolute Gasteiger partial charge is 0.374 e. The van der Waals surface area contributed by atoms with Gasteiger partial charge >= 0.3 is 6.18 Å². The summed E-state index contributed by atoms with van der Waals surface area (Å²) in [5.41, 5.74) is -2.99. The van der Waals surface area contributed by atoms with Crippen molar-refractivity contribution < 1.29 is 18.3 Å². The van der Waals surface area contributed by atoms with Crippen LogP contribution in [0.15, 0.2) is 24.8 Å². The molecule has 1 unspecified atom stereocenters. The minimum atomic E-state index is -4.88. The number of hydrogen-bond acceptors (Lipinski definition) is 6. The first-order valence-electron chi connectivity index (χ1n) is 6.51. The van der Waals surface area contributed by atoms with Crippen molar-refractivity contribution in [2.45, 2.75) is 18.2 Å². The van der Waals surface area contributed by atoms with E-state index in [1.165, 1.54) is 31.8 Å². The van der Waals surface area contributed by atoms with Crippen molar-refractivity contribution >= 4 is 5.82 Å². The van der Waals surface area contributed by atoms with Crippen LogP contribution in [0.2, 0.25) is 0 Å². The monoisotopic (exact) mass is 326 g/mol. The van der Waals surface area contributed by atoms with Crippen LogP contribution in [0.3, 0.4) is 0 Å². The maximum Gasteiger partial charge on any atom is 0.424 e. The number of imidazole rings is 1. The average Bonchev–Trinajstić information content (AvgIpc) is 2.93. The molecular formula is C13H13F3N6O. The molecule has 0 radical (unpaired) electrons. The number of nitriles is 1. The molecule has 2 aromatic rings. The van der Waals surface area contributed by atoms with E-state index in [4.69, 9.17) is 5.26 Å². The number of aromatic nitrogens is 4. The first kappa shape index (κ1) is 16.7. The molecular weight excluding hydrogens is 313 g/mol. The Kier molecular flexibility index (Phi) is 4.51. The Bertz CT molecular complexity index is 706. The molecule has 2 aromatic heterocycles. The van der Waals surface area contributed by atoms with Gasteiger partial charge < -0.3 is 15.0 Å². The minimum absolute atomic E-state index is 0.0929. The standard InChI is InChI=1S/C13H13F3N6O/c1-22-5-4-19-11(22)12(23,13(14,15)16)2-3-18-10-8-20-9(6-17)7-21-10/h4-5,7-8,23H,2-3H2,1H3,(H,18,21). The van der Waals surface area contributed by atoms with E-state index in [1.54, 1.807) is 6.07 Å². The second-order valence-electron chi connectivity index (χ2n) is 4.80. The molecule has 0 aromatic carbocycles. The molecule has 0 amide bonds. The van der Waals surface area contributed by atoms with Gasteiger partial charge in [-0.1, -0.05) is 0 Å². The number of aryl methyl sites for hydroxylation is 1. The van der Waals surface area contributed by atoms with Crippen LogP contribution in [0.25, 0.3) is 0 Å². The molecule has 0 aliphatic rings. The number of nitrogens with zero attached hydrogens (tertiary/aromatic N) is 5. The predicted octanol–water partition coefficient (Wildman–Crippen LogP) is 1.33. The van der Waals surface area contributed by atoms with Crippen LogP contribution < -0.4 is 5.32 Å². The van der Waals surface area contributed by atoms with E-state index >= 15 is 0 Å². The summed E-state index contributed by atoms with van der Waals surface area (Å²) >= 11 is 0. The third kappa shape index (κ3) is 3.40. The number of anilines is 1. The van der Waals surface area contributed by atoms with Crippen molar-refractivity contribution in [3.05, 3.63) is 36.3 Å². The topological polar surface area (TPSA) is 99.6 Å². The molecule has 1 atom stereocenters. The zero-order valence-corrected chi connectivity index (χ0v) is 12.0. The molecule has 2 rings (SSSR count). The van der Waals surface area contributed by atoms with Gasteiger partial charge in [-0.25, -0.2) is 15.0 Å². The molecule has 0 fully saturated rings. The Morgan fingerprint density at radius 2 is 2.04 bits per heavy atom. The summed E-state index contributed by atoms with van der Waals surface area (Å²) in [6, 6.07) is 1.78. The second-order valence-corrected chi connectivity index (χ2v) is 4.80. The van der Waals surface area contributed by atoms with Gasteiger partial charge in [0.05, 0.1) is 12.4 Å². The lowest BCUT2D eigenvalue weighted by Gasteiger charge is -2.30. The third-order valence-electron chi connectivity index (χ3n) is 3.22. The van der Waals surface area contributed by atoms with Crippen molar-refractivity contribution in [2.24, 2.45) is 7.05 Å². The lowest BCUT2D eigenvalue weighted by Crippen LogP contribution is -2.45. The van der Waals surface area contributed by atoms with E-state index in [0.717, 1.165) is 4.57 Å². The molecule has 10 heteroatoms. The molecule has 0 saturated heterocycles. The molecule has 0 spiro atoms. The number of nitrogens with one attached hydrogen (secondary N) is 1. The molecule has 7 nitrogen and oxygen atoms in total. The van der Waals surface area contributed by atoms with Gasteiger partial charge in [-0.15, -0.1) is 0 Å². The molecule has 122 valence electrons. The molecule has 2 heterocycles. The van der Waals surface area contributed by atoms with Crippen LogP contribution in [0.4, 0.5) is 19.0 Å². The van der Waals surface area contributed by atoms with Gasteiger partial charge in [0.15, 0.2) is 5.69 Å². The normalized spacial score (nSPS) is 14.1. The Morgan fingerprint density at radius 1 is 1.30 bits per heavy atom. The maximum absolute atomic E-state index is 13.3. The second kappa shape index (κ2) is 6.21. The summed E-state index contributed by atoms with van der Waals surface area (Å²) < 4.78 is 41.0. The predicted molar refractivity (Wildman–Crippen MR) is 73.0 cm³/mol. The Balaban J connectivity index is 2.11. The van der Waals surface area contributed by atoms with E-state index in [1.807, 2.05) is 0 Å². The lowest BCUT2D eigenvalue weighted by molar-refractivity contribution is -0.271. The highest BCUT2D eigenvalue weighted by Gasteiger charge is 2.57. The van der Waals surface area contributed by atoms with Gasteiger partial charge in [0, 0.05) is 32.4 Å². The van der Waals surface area contributed by atoms with Crippen LogP contribution in [-0.4, -0.2) is 37.3 Å². The van der Waals surface area contributed by atoms with Crippen LogP contribution in [0.5, 0.6) is 0 Å². The zero-order valence-electron chi connectivity index (χ0n) is 12.0. The van der Waals surface area contributed by atoms with Crippen molar-refractivity contribution in [1.82, 2.24) is 19.5 Å². The van der Waals surface area contributed by atoms with Gasteiger partial charge in [-0.2, -0.15) is 18.4 Å². The van der Waals surface area contributed by atoms with E-state index in [0.29, 0.717) is 0 Å². The zero-order chi connectivity index (χ0) is 17.1. The average molecular weight is 326 g/mol. The highest BCUT2D eigenvalue weighted by Crippen LogP contribution is 2.40. The fourth-order valence-electron chi connectivity index (χ4n) is 1.99. The maximum atomic E-state index is 13.3. The number of halogens is 3. The van der Waals surface area contributed by atoms with Crippen molar-refractivity contribution in [1.29, 1.82) is 5.26 Å². The summed E-state index contributed by atoms with van der Waals surface area (Å²) in [5, 5.41) is 21.3. The first-order chi connectivity index (χ1) is 10.8. The fourth-order valence-corrected chi connectivity index (χ4v) is 1.99. The largest absolute Gasteiger partial charge is 0.424 e.